The standard InChI is InChI=1S/C17H34N2S/c1-7-12-10-14(17(4,5)6)11-13(8-2)15(12)19-16(20)18-9-3/h12-15H,7-11H2,1-6H3,(H2,18,19,20). The van der Waals surface area contributed by atoms with E-state index >= 15 is 0 Å². The lowest BCUT2D eigenvalue weighted by atomic mass is 9.62. The zero-order chi connectivity index (χ0) is 15.3. The highest BCUT2D eigenvalue weighted by atomic mass is 32.1. The Morgan fingerprint density at radius 2 is 1.55 bits per heavy atom. The van der Waals surface area contributed by atoms with Crippen molar-refractivity contribution >= 4 is 17.3 Å². The highest BCUT2D eigenvalue weighted by molar-refractivity contribution is 7.80. The van der Waals surface area contributed by atoms with Crippen molar-refractivity contribution in [2.45, 2.75) is 73.3 Å². The van der Waals surface area contributed by atoms with Crippen LogP contribution in [0.2, 0.25) is 0 Å². The van der Waals surface area contributed by atoms with Crippen LogP contribution in [0.15, 0.2) is 0 Å². The topological polar surface area (TPSA) is 24.1 Å². The summed E-state index contributed by atoms with van der Waals surface area (Å²) < 4.78 is 0. The molecule has 0 bridgehead atoms. The second-order valence-corrected chi connectivity index (χ2v) is 7.81. The van der Waals surface area contributed by atoms with E-state index in [0.29, 0.717) is 11.5 Å². The van der Waals surface area contributed by atoms with Crippen LogP contribution in [0.5, 0.6) is 0 Å². The van der Waals surface area contributed by atoms with E-state index in [4.69, 9.17) is 12.2 Å². The van der Waals surface area contributed by atoms with Crippen molar-refractivity contribution in [3.63, 3.8) is 0 Å². The molecule has 20 heavy (non-hydrogen) atoms. The maximum atomic E-state index is 5.42. The molecule has 118 valence electrons. The molecule has 1 saturated carbocycles. The predicted octanol–water partition coefficient (Wildman–Crippen LogP) is 4.35. The van der Waals surface area contributed by atoms with Gasteiger partial charge in [0.05, 0.1) is 0 Å². The normalized spacial score (nSPS) is 30.9. The lowest BCUT2D eigenvalue weighted by Crippen LogP contribution is -2.52. The zero-order valence-electron chi connectivity index (χ0n) is 14.3. The number of nitrogens with one attached hydrogen (secondary N) is 2. The number of hydrogen-bond acceptors (Lipinski definition) is 1. The third-order valence-electron chi connectivity index (χ3n) is 5.10. The van der Waals surface area contributed by atoms with Gasteiger partial charge in [-0.25, -0.2) is 0 Å². The van der Waals surface area contributed by atoms with Gasteiger partial charge in [0.15, 0.2) is 5.11 Å². The lowest BCUT2D eigenvalue weighted by molar-refractivity contribution is 0.0718. The summed E-state index contributed by atoms with van der Waals surface area (Å²) in [6.45, 7) is 14.8. The van der Waals surface area contributed by atoms with Crippen molar-refractivity contribution in [2.24, 2.45) is 23.2 Å². The first kappa shape index (κ1) is 17.7. The van der Waals surface area contributed by atoms with Crippen LogP contribution < -0.4 is 10.6 Å². The summed E-state index contributed by atoms with van der Waals surface area (Å²) in [5.41, 5.74) is 0.425. The van der Waals surface area contributed by atoms with Crippen molar-refractivity contribution in [2.75, 3.05) is 6.54 Å². The van der Waals surface area contributed by atoms with Crippen LogP contribution >= 0.6 is 12.2 Å². The van der Waals surface area contributed by atoms with E-state index in [2.05, 4.69) is 52.2 Å². The fourth-order valence-corrected chi connectivity index (χ4v) is 3.93. The maximum Gasteiger partial charge on any atom is 0.166 e. The molecule has 1 aliphatic rings. The Morgan fingerprint density at radius 1 is 1.05 bits per heavy atom. The Labute approximate surface area is 131 Å². The van der Waals surface area contributed by atoms with Crippen molar-refractivity contribution in [3.8, 4) is 0 Å². The van der Waals surface area contributed by atoms with Gasteiger partial charge in [-0.15, -0.1) is 0 Å². The molecule has 0 spiro atoms. The van der Waals surface area contributed by atoms with Crippen LogP contribution in [0.25, 0.3) is 0 Å². The molecular formula is C17H34N2S. The molecular weight excluding hydrogens is 264 g/mol. The summed E-state index contributed by atoms with van der Waals surface area (Å²) in [7, 11) is 0. The van der Waals surface area contributed by atoms with Gasteiger partial charge in [-0.1, -0.05) is 47.5 Å². The molecule has 0 aliphatic heterocycles. The molecule has 1 rings (SSSR count). The molecule has 0 radical (unpaired) electrons. The third-order valence-corrected chi connectivity index (χ3v) is 5.36. The van der Waals surface area contributed by atoms with Gasteiger partial charge >= 0.3 is 0 Å². The van der Waals surface area contributed by atoms with E-state index in [1.807, 2.05) is 0 Å². The molecule has 3 heteroatoms. The van der Waals surface area contributed by atoms with Gasteiger partial charge in [-0.3, -0.25) is 0 Å². The molecule has 1 aliphatic carbocycles. The first-order valence-electron chi connectivity index (χ1n) is 8.37. The summed E-state index contributed by atoms with van der Waals surface area (Å²) in [5.74, 6) is 2.33. The maximum absolute atomic E-state index is 5.42. The first-order chi connectivity index (χ1) is 9.33. The Hall–Kier alpha value is -0.310. The molecule has 1 fully saturated rings. The molecule has 0 saturated heterocycles. The molecule has 2 unspecified atom stereocenters. The molecule has 0 aromatic heterocycles. The molecule has 2 atom stereocenters. The minimum Gasteiger partial charge on any atom is -0.363 e. The average Bonchev–Trinajstić information content (AvgIpc) is 2.37. The minimum atomic E-state index is 0.425. The quantitative estimate of drug-likeness (QED) is 0.755. The summed E-state index contributed by atoms with van der Waals surface area (Å²) >= 11 is 5.42. The van der Waals surface area contributed by atoms with Gasteiger partial charge < -0.3 is 10.6 Å². The van der Waals surface area contributed by atoms with Crippen molar-refractivity contribution in [1.29, 1.82) is 0 Å². The van der Waals surface area contributed by atoms with Crippen LogP contribution in [-0.4, -0.2) is 17.7 Å². The van der Waals surface area contributed by atoms with E-state index in [1.54, 1.807) is 0 Å². The van der Waals surface area contributed by atoms with E-state index < -0.39 is 0 Å². The van der Waals surface area contributed by atoms with Gasteiger partial charge in [0.2, 0.25) is 0 Å². The van der Waals surface area contributed by atoms with E-state index in [0.717, 1.165) is 29.4 Å². The van der Waals surface area contributed by atoms with Crippen molar-refractivity contribution < 1.29 is 0 Å². The van der Waals surface area contributed by atoms with Gasteiger partial charge in [-0.05, 0) is 55.2 Å². The van der Waals surface area contributed by atoms with Crippen LogP contribution in [0.1, 0.15) is 67.2 Å². The largest absolute Gasteiger partial charge is 0.363 e. The lowest BCUT2D eigenvalue weighted by Gasteiger charge is -2.46. The highest BCUT2D eigenvalue weighted by Gasteiger charge is 2.40. The van der Waals surface area contributed by atoms with E-state index in [1.165, 1.54) is 25.7 Å². The third kappa shape index (κ3) is 4.61. The summed E-state index contributed by atoms with van der Waals surface area (Å²) in [4.78, 5) is 0. The smallest absolute Gasteiger partial charge is 0.166 e. The monoisotopic (exact) mass is 298 g/mol. The van der Waals surface area contributed by atoms with Crippen molar-refractivity contribution in [1.82, 2.24) is 10.6 Å². The van der Waals surface area contributed by atoms with E-state index in [-0.39, 0.29) is 0 Å². The van der Waals surface area contributed by atoms with E-state index in [9.17, 15) is 0 Å². The van der Waals surface area contributed by atoms with Crippen LogP contribution in [0.3, 0.4) is 0 Å². The predicted molar refractivity (Wildman–Crippen MR) is 92.9 cm³/mol. The molecule has 0 aromatic rings. The van der Waals surface area contributed by atoms with Crippen LogP contribution in [0.4, 0.5) is 0 Å². The Kier molecular flexibility index (Phi) is 6.77. The highest BCUT2D eigenvalue weighted by Crippen LogP contribution is 2.44. The summed E-state index contributed by atoms with van der Waals surface area (Å²) in [5, 5.41) is 7.69. The second-order valence-electron chi connectivity index (χ2n) is 7.40. The number of rotatable bonds is 4. The van der Waals surface area contributed by atoms with Gasteiger partial charge in [0.1, 0.15) is 0 Å². The number of hydrogen-bond donors (Lipinski definition) is 2. The SMILES string of the molecule is CCNC(=S)NC1C(CC)CC(C(C)(C)C)CC1CC. The fraction of sp³-hybridized carbons (Fsp3) is 0.941. The molecule has 2 nitrogen and oxygen atoms in total. The average molecular weight is 299 g/mol. The molecule has 0 amide bonds. The van der Waals surface area contributed by atoms with Crippen LogP contribution in [0, 0.1) is 23.2 Å². The Morgan fingerprint density at radius 3 is 1.90 bits per heavy atom. The Bertz CT molecular complexity index is 295. The van der Waals surface area contributed by atoms with Crippen molar-refractivity contribution in [3.05, 3.63) is 0 Å². The fourth-order valence-electron chi connectivity index (χ4n) is 3.65. The zero-order valence-corrected chi connectivity index (χ0v) is 15.1. The summed E-state index contributed by atoms with van der Waals surface area (Å²) in [6.07, 6.45) is 5.16. The minimum absolute atomic E-state index is 0.425. The van der Waals surface area contributed by atoms with Gasteiger partial charge in [0, 0.05) is 12.6 Å². The van der Waals surface area contributed by atoms with Gasteiger partial charge in [0.25, 0.3) is 0 Å². The molecule has 0 heterocycles. The molecule has 2 N–H and O–H groups in total. The van der Waals surface area contributed by atoms with Gasteiger partial charge in [-0.2, -0.15) is 0 Å². The number of thiocarbonyl (C=S) groups is 1. The Balaban J connectivity index is 2.80. The second kappa shape index (κ2) is 7.63. The summed E-state index contributed by atoms with van der Waals surface area (Å²) in [6, 6.07) is 0.551. The first-order valence-corrected chi connectivity index (χ1v) is 8.78. The molecule has 0 aromatic carbocycles. The van der Waals surface area contributed by atoms with Crippen LogP contribution in [-0.2, 0) is 0 Å².